The SMILES string of the molecule is CC(C)CCCC1N=C2C=CCCC2C1(C)C. The second-order valence-corrected chi connectivity index (χ2v) is 6.75. The molecule has 96 valence electrons. The normalized spacial score (nSPS) is 30.5. The van der Waals surface area contributed by atoms with E-state index in [9.17, 15) is 0 Å². The molecule has 0 fully saturated rings. The molecule has 0 aromatic heterocycles. The van der Waals surface area contributed by atoms with Crippen molar-refractivity contribution < 1.29 is 0 Å². The fraction of sp³-hybridized carbons (Fsp3) is 0.812. The van der Waals surface area contributed by atoms with Gasteiger partial charge < -0.3 is 0 Å². The van der Waals surface area contributed by atoms with E-state index in [1.165, 1.54) is 37.8 Å². The van der Waals surface area contributed by atoms with Crippen molar-refractivity contribution in [1.82, 2.24) is 0 Å². The zero-order valence-electron chi connectivity index (χ0n) is 11.9. The summed E-state index contributed by atoms with van der Waals surface area (Å²) in [5.74, 6) is 1.55. The summed E-state index contributed by atoms with van der Waals surface area (Å²) in [5, 5.41) is 0. The van der Waals surface area contributed by atoms with Gasteiger partial charge in [0, 0.05) is 11.6 Å². The van der Waals surface area contributed by atoms with Gasteiger partial charge in [-0.15, -0.1) is 0 Å². The van der Waals surface area contributed by atoms with Crippen LogP contribution in [0.25, 0.3) is 0 Å². The van der Waals surface area contributed by atoms with Crippen LogP contribution >= 0.6 is 0 Å². The van der Waals surface area contributed by atoms with Crippen LogP contribution < -0.4 is 0 Å². The van der Waals surface area contributed by atoms with E-state index in [0.29, 0.717) is 11.5 Å². The van der Waals surface area contributed by atoms with Crippen LogP contribution in [0.2, 0.25) is 0 Å². The van der Waals surface area contributed by atoms with Gasteiger partial charge in [0.05, 0.1) is 6.04 Å². The van der Waals surface area contributed by atoms with E-state index in [2.05, 4.69) is 39.8 Å². The maximum Gasteiger partial charge on any atom is 0.0560 e. The lowest BCUT2D eigenvalue weighted by Gasteiger charge is -2.33. The molecule has 0 bridgehead atoms. The third-order valence-electron chi connectivity index (χ3n) is 4.59. The van der Waals surface area contributed by atoms with Crippen molar-refractivity contribution in [2.24, 2.45) is 22.2 Å². The Morgan fingerprint density at radius 1 is 1.41 bits per heavy atom. The van der Waals surface area contributed by atoms with E-state index >= 15 is 0 Å². The molecular formula is C16H27N. The second-order valence-electron chi connectivity index (χ2n) is 6.75. The molecule has 2 aliphatic rings. The summed E-state index contributed by atoms with van der Waals surface area (Å²) in [7, 11) is 0. The first-order valence-corrected chi connectivity index (χ1v) is 7.26. The first kappa shape index (κ1) is 12.9. The van der Waals surface area contributed by atoms with E-state index in [1.807, 2.05) is 0 Å². The molecule has 1 aliphatic heterocycles. The number of allylic oxidation sites excluding steroid dienone is 2. The van der Waals surface area contributed by atoms with Gasteiger partial charge >= 0.3 is 0 Å². The molecule has 0 aromatic carbocycles. The molecule has 2 unspecified atom stereocenters. The fourth-order valence-corrected chi connectivity index (χ4v) is 3.35. The lowest BCUT2D eigenvalue weighted by atomic mass is 9.69. The molecule has 2 atom stereocenters. The number of hydrogen-bond donors (Lipinski definition) is 0. The van der Waals surface area contributed by atoms with Gasteiger partial charge in [-0.25, -0.2) is 0 Å². The number of nitrogens with zero attached hydrogens (tertiary/aromatic N) is 1. The Hall–Kier alpha value is -0.590. The Morgan fingerprint density at radius 2 is 2.18 bits per heavy atom. The summed E-state index contributed by atoms with van der Waals surface area (Å²) in [4.78, 5) is 4.99. The van der Waals surface area contributed by atoms with Crippen molar-refractivity contribution in [3.05, 3.63) is 12.2 Å². The van der Waals surface area contributed by atoms with Gasteiger partial charge in [-0.2, -0.15) is 0 Å². The topological polar surface area (TPSA) is 12.4 Å². The van der Waals surface area contributed by atoms with Gasteiger partial charge in [-0.1, -0.05) is 46.6 Å². The van der Waals surface area contributed by atoms with Gasteiger partial charge in [0.15, 0.2) is 0 Å². The first-order valence-electron chi connectivity index (χ1n) is 7.26. The highest BCUT2D eigenvalue weighted by molar-refractivity contribution is 5.99. The summed E-state index contributed by atoms with van der Waals surface area (Å²) in [6, 6.07) is 0.559. The number of aliphatic imine (C=N–C) groups is 1. The molecular weight excluding hydrogens is 206 g/mol. The maximum atomic E-state index is 4.99. The van der Waals surface area contributed by atoms with Crippen LogP contribution in [0.5, 0.6) is 0 Å². The van der Waals surface area contributed by atoms with E-state index in [4.69, 9.17) is 4.99 Å². The number of hydrogen-bond acceptors (Lipinski definition) is 1. The van der Waals surface area contributed by atoms with Crippen LogP contribution in [-0.2, 0) is 0 Å². The fourth-order valence-electron chi connectivity index (χ4n) is 3.35. The molecule has 0 radical (unpaired) electrons. The first-order chi connectivity index (χ1) is 8.01. The number of rotatable bonds is 4. The lowest BCUT2D eigenvalue weighted by molar-refractivity contribution is 0.221. The third-order valence-corrected chi connectivity index (χ3v) is 4.59. The van der Waals surface area contributed by atoms with Crippen LogP contribution in [0.1, 0.15) is 59.8 Å². The standard InChI is InChI=1S/C16H27N/c1-12(2)8-7-11-15-16(3,4)13-9-5-6-10-14(13)17-15/h6,10,12-13,15H,5,7-9,11H2,1-4H3. The molecule has 0 saturated carbocycles. The van der Waals surface area contributed by atoms with Crippen molar-refractivity contribution in [2.75, 3.05) is 0 Å². The van der Waals surface area contributed by atoms with Crippen molar-refractivity contribution in [3.8, 4) is 0 Å². The van der Waals surface area contributed by atoms with Gasteiger partial charge in [-0.3, -0.25) is 4.99 Å². The quantitative estimate of drug-likeness (QED) is 0.671. The highest BCUT2D eigenvalue weighted by Crippen LogP contribution is 2.45. The van der Waals surface area contributed by atoms with Crippen LogP contribution in [0, 0.1) is 17.3 Å². The zero-order valence-corrected chi connectivity index (χ0v) is 11.9. The molecule has 1 aliphatic carbocycles. The van der Waals surface area contributed by atoms with Crippen molar-refractivity contribution in [3.63, 3.8) is 0 Å². The van der Waals surface area contributed by atoms with Gasteiger partial charge in [0.25, 0.3) is 0 Å². The van der Waals surface area contributed by atoms with Crippen molar-refractivity contribution in [2.45, 2.75) is 65.8 Å². The molecule has 0 aromatic rings. The van der Waals surface area contributed by atoms with E-state index in [-0.39, 0.29) is 0 Å². The zero-order chi connectivity index (χ0) is 12.5. The van der Waals surface area contributed by atoms with Crippen LogP contribution in [0.4, 0.5) is 0 Å². The Kier molecular flexibility index (Phi) is 3.75. The third kappa shape index (κ3) is 2.64. The Balaban J connectivity index is 1.99. The minimum absolute atomic E-state index is 0.386. The van der Waals surface area contributed by atoms with E-state index < -0.39 is 0 Å². The van der Waals surface area contributed by atoms with Gasteiger partial charge in [0.2, 0.25) is 0 Å². The van der Waals surface area contributed by atoms with Crippen molar-refractivity contribution >= 4 is 5.71 Å². The highest BCUT2D eigenvalue weighted by Gasteiger charge is 2.44. The molecule has 1 nitrogen and oxygen atoms in total. The van der Waals surface area contributed by atoms with Crippen LogP contribution in [0.15, 0.2) is 17.1 Å². The Bertz CT molecular complexity index is 322. The van der Waals surface area contributed by atoms with Gasteiger partial charge in [-0.05, 0) is 36.7 Å². The van der Waals surface area contributed by atoms with Crippen LogP contribution in [-0.4, -0.2) is 11.8 Å². The summed E-state index contributed by atoms with van der Waals surface area (Å²) in [5.41, 5.74) is 1.77. The predicted molar refractivity (Wildman–Crippen MR) is 75.6 cm³/mol. The Morgan fingerprint density at radius 3 is 2.82 bits per heavy atom. The molecule has 1 heteroatoms. The molecule has 2 rings (SSSR count). The predicted octanol–water partition coefficient (Wildman–Crippen LogP) is 4.63. The Labute approximate surface area is 106 Å². The molecule has 0 amide bonds. The minimum Gasteiger partial charge on any atom is -0.286 e. The molecule has 17 heavy (non-hydrogen) atoms. The average molecular weight is 233 g/mol. The monoisotopic (exact) mass is 233 g/mol. The lowest BCUT2D eigenvalue weighted by Crippen LogP contribution is -2.33. The van der Waals surface area contributed by atoms with Crippen LogP contribution in [0.3, 0.4) is 0 Å². The number of fused-ring (bicyclic) bond motifs is 1. The van der Waals surface area contributed by atoms with Gasteiger partial charge in [0.1, 0.15) is 0 Å². The molecule has 0 spiro atoms. The minimum atomic E-state index is 0.386. The molecule has 0 N–H and O–H groups in total. The summed E-state index contributed by atoms with van der Waals surface area (Å²) >= 11 is 0. The second kappa shape index (κ2) is 4.96. The smallest absolute Gasteiger partial charge is 0.0560 e. The molecule has 1 heterocycles. The maximum absolute atomic E-state index is 4.99. The largest absolute Gasteiger partial charge is 0.286 e. The van der Waals surface area contributed by atoms with E-state index in [1.54, 1.807) is 0 Å². The summed E-state index contributed by atoms with van der Waals surface area (Å²) in [6.45, 7) is 9.48. The molecule has 0 saturated heterocycles. The summed E-state index contributed by atoms with van der Waals surface area (Å²) < 4.78 is 0. The van der Waals surface area contributed by atoms with E-state index in [0.717, 1.165) is 11.8 Å². The highest BCUT2D eigenvalue weighted by atomic mass is 14.9. The summed E-state index contributed by atoms with van der Waals surface area (Å²) in [6.07, 6.45) is 11.1. The van der Waals surface area contributed by atoms with Crippen molar-refractivity contribution in [1.29, 1.82) is 0 Å². The average Bonchev–Trinajstić information content (AvgIpc) is 2.51.